The third-order valence-electron chi connectivity index (χ3n) is 5.07. The summed E-state index contributed by atoms with van der Waals surface area (Å²) in [5.74, 6) is 2.14. The minimum atomic E-state index is -0.341. The second-order valence-electron chi connectivity index (χ2n) is 7.83. The SMILES string of the molecule is CCC[I-]N(C(=O)c1ccc(OC)c(OCCCCCOc2ccc(C(=N)N)cc2)c1)C(I)CC. The van der Waals surface area contributed by atoms with Crippen LogP contribution in [0.5, 0.6) is 17.2 Å². The molecule has 35 heavy (non-hydrogen) atoms. The number of hydrogen-bond acceptors (Lipinski definition) is 5. The number of halogens is 2. The van der Waals surface area contributed by atoms with Gasteiger partial charge in [0.2, 0.25) is 0 Å². The zero-order valence-electron chi connectivity index (χ0n) is 20.7. The third kappa shape index (κ3) is 9.66. The number of unbranched alkanes of at least 4 members (excludes halogenated alkanes) is 2. The average molecular weight is 708 g/mol. The van der Waals surface area contributed by atoms with Gasteiger partial charge >= 0.3 is 182 Å². The number of amidine groups is 1. The molecule has 0 heterocycles. The number of methoxy groups -OCH3 is 1. The van der Waals surface area contributed by atoms with Crippen molar-refractivity contribution < 1.29 is 40.5 Å². The van der Waals surface area contributed by atoms with Crippen LogP contribution in [0.1, 0.15) is 61.9 Å². The topological polar surface area (TPSA) is 97.9 Å². The molecule has 0 aliphatic heterocycles. The van der Waals surface area contributed by atoms with Gasteiger partial charge in [-0.15, -0.1) is 0 Å². The number of ether oxygens (including phenoxy) is 3. The van der Waals surface area contributed by atoms with E-state index in [0.717, 1.165) is 42.3 Å². The molecule has 0 aromatic heterocycles. The van der Waals surface area contributed by atoms with Crippen molar-refractivity contribution in [1.82, 2.24) is 3.11 Å². The van der Waals surface area contributed by atoms with Gasteiger partial charge in [0.1, 0.15) is 11.6 Å². The molecule has 0 spiro atoms. The fourth-order valence-electron chi connectivity index (χ4n) is 3.12. The van der Waals surface area contributed by atoms with Gasteiger partial charge in [-0.05, 0) is 24.3 Å². The number of nitrogens with two attached hydrogens (primary N) is 1. The van der Waals surface area contributed by atoms with Gasteiger partial charge in [0, 0.05) is 5.56 Å². The Bertz CT molecular complexity index is 941. The van der Waals surface area contributed by atoms with E-state index < -0.39 is 0 Å². The van der Waals surface area contributed by atoms with Crippen LogP contribution in [0.2, 0.25) is 0 Å². The van der Waals surface area contributed by atoms with E-state index in [1.54, 1.807) is 19.2 Å². The number of nitrogens with one attached hydrogen (secondary N) is 1. The second kappa shape index (κ2) is 16.1. The van der Waals surface area contributed by atoms with Crippen molar-refractivity contribution in [2.75, 3.05) is 24.8 Å². The molecule has 0 aliphatic rings. The zero-order valence-corrected chi connectivity index (χ0v) is 25.0. The van der Waals surface area contributed by atoms with Crippen molar-refractivity contribution in [3.8, 4) is 17.2 Å². The monoisotopic (exact) mass is 708 g/mol. The normalized spacial score (nSPS) is 11.7. The number of alkyl halides is 2. The summed E-state index contributed by atoms with van der Waals surface area (Å²) in [6.07, 6.45) is 4.75. The number of carbonyl (C=O) groups excluding carboxylic acids is 1. The molecule has 0 saturated carbocycles. The number of hydrogen-bond donors (Lipinski definition) is 2. The molecule has 7 nitrogen and oxygen atoms in total. The number of rotatable bonds is 16. The molecule has 194 valence electrons. The maximum atomic E-state index is 13.2. The third-order valence-corrected chi connectivity index (χ3v) is 11.0. The number of nitrogens with zero attached hydrogens (tertiary/aromatic N) is 1. The summed E-state index contributed by atoms with van der Waals surface area (Å²) in [6, 6.07) is 12.7. The van der Waals surface area contributed by atoms with E-state index >= 15 is 0 Å². The van der Waals surface area contributed by atoms with Gasteiger partial charge in [0.05, 0.1) is 0 Å². The molecule has 9 heteroatoms. The first kappa shape index (κ1) is 29.5. The summed E-state index contributed by atoms with van der Waals surface area (Å²) in [5, 5.41) is 7.43. The molecule has 2 aromatic carbocycles. The van der Waals surface area contributed by atoms with Crippen LogP contribution in [-0.2, 0) is 0 Å². The quantitative estimate of drug-likeness (QED) is 0.0532. The van der Waals surface area contributed by atoms with Crippen LogP contribution in [0.3, 0.4) is 0 Å². The Labute approximate surface area is 233 Å². The first-order valence-electron chi connectivity index (χ1n) is 11.9. The molecular formula is C26H36I2N3O4-. The van der Waals surface area contributed by atoms with E-state index in [1.165, 1.54) is 0 Å². The Morgan fingerprint density at radius 3 is 2.29 bits per heavy atom. The minimum absolute atomic E-state index is 0.0496. The average Bonchev–Trinajstić information content (AvgIpc) is 2.88. The Morgan fingerprint density at radius 1 is 1.03 bits per heavy atom. The zero-order chi connectivity index (χ0) is 25.6. The summed E-state index contributed by atoms with van der Waals surface area (Å²) in [6.45, 7) is 5.43. The van der Waals surface area contributed by atoms with Gasteiger partial charge in [0.25, 0.3) is 0 Å². The van der Waals surface area contributed by atoms with E-state index in [1.807, 2.05) is 30.3 Å². The Morgan fingerprint density at radius 2 is 1.69 bits per heavy atom. The van der Waals surface area contributed by atoms with Gasteiger partial charge in [-0.3, -0.25) is 5.41 Å². The van der Waals surface area contributed by atoms with Crippen LogP contribution in [-0.4, -0.2) is 43.7 Å². The van der Waals surface area contributed by atoms with Crippen molar-refractivity contribution in [3.05, 3.63) is 53.6 Å². The second-order valence-corrected chi connectivity index (χ2v) is 12.1. The predicted octanol–water partition coefficient (Wildman–Crippen LogP) is 2.63. The first-order valence-corrected chi connectivity index (χ1v) is 15.6. The van der Waals surface area contributed by atoms with Crippen LogP contribution in [0.25, 0.3) is 0 Å². The Kier molecular flexibility index (Phi) is 13.5. The van der Waals surface area contributed by atoms with Crippen molar-refractivity contribution in [1.29, 1.82) is 5.41 Å². The van der Waals surface area contributed by atoms with Crippen molar-refractivity contribution >= 4 is 34.3 Å². The summed E-state index contributed by atoms with van der Waals surface area (Å²) >= 11 is 2.03. The molecule has 0 saturated heterocycles. The molecule has 0 bridgehead atoms. The van der Waals surface area contributed by atoms with E-state index in [4.69, 9.17) is 25.4 Å². The summed E-state index contributed by atoms with van der Waals surface area (Å²) in [4.78, 5) is 13.2. The Hall–Kier alpha value is -1.76. The van der Waals surface area contributed by atoms with Crippen LogP contribution in [0.4, 0.5) is 0 Å². The number of nitrogen functional groups attached to an aromatic ring is 1. The van der Waals surface area contributed by atoms with E-state index in [-0.39, 0.29) is 37.3 Å². The maximum absolute atomic E-state index is 13.2. The van der Waals surface area contributed by atoms with Gasteiger partial charge < -0.3 is 5.73 Å². The van der Waals surface area contributed by atoms with Gasteiger partial charge in [0.15, 0.2) is 0 Å². The van der Waals surface area contributed by atoms with Gasteiger partial charge in [-0.2, -0.15) is 0 Å². The molecule has 1 unspecified atom stereocenters. The predicted molar refractivity (Wildman–Crippen MR) is 145 cm³/mol. The van der Waals surface area contributed by atoms with Crippen molar-refractivity contribution in [2.45, 2.75) is 50.0 Å². The molecule has 0 fully saturated rings. The molecule has 1 amide bonds. The summed E-state index contributed by atoms with van der Waals surface area (Å²) < 4.78 is 20.6. The summed E-state index contributed by atoms with van der Waals surface area (Å²) in [7, 11) is 1.61. The van der Waals surface area contributed by atoms with E-state index in [2.05, 4.69) is 39.6 Å². The standard InChI is InChI=1S/C26H36I2N3O4/c1-4-15-28-31(24(27)5-2)26(32)20-11-14-22(33-3)23(18-20)35-17-8-6-7-16-34-21-12-9-19(10-13-21)25(29)30/h9-14,18,24H,4-8,15-17H2,1-3H3,(H3,29,30)/q-1. The van der Waals surface area contributed by atoms with E-state index in [9.17, 15) is 4.79 Å². The van der Waals surface area contributed by atoms with Crippen LogP contribution < -0.4 is 41.4 Å². The fraction of sp³-hybridized carbons (Fsp3) is 0.462. The van der Waals surface area contributed by atoms with Crippen molar-refractivity contribution in [3.63, 3.8) is 0 Å². The number of benzene rings is 2. The molecule has 2 aromatic rings. The van der Waals surface area contributed by atoms with Gasteiger partial charge in [-0.1, -0.05) is 0 Å². The van der Waals surface area contributed by atoms with Crippen LogP contribution >= 0.6 is 22.6 Å². The van der Waals surface area contributed by atoms with Gasteiger partial charge in [-0.25, -0.2) is 0 Å². The fourth-order valence-corrected chi connectivity index (χ4v) is 6.79. The number of amides is 1. The summed E-state index contributed by atoms with van der Waals surface area (Å²) in [5.41, 5.74) is 6.80. The molecule has 0 radical (unpaired) electrons. The van der Waals surface area contributed by atoms with Crippen molar-refractivity contribution in [2.24, 2.45) is 5.73 Å². The molecule has 1 atom stereocenters. The first-order chi connectivity index (χ1) is 16.9. The Balaban J connectivity index is 1.84. The molecular weight excluding hydrogens is 672 g/mol. The van der Waals surface area contributed by atoms with E-state index in [0.29, 0.717) is 35.8 Å². The molecule has 2 rings (SSSR count). The molecule has 0 aliphatic carbocycles. The van der Waals surface area contributed by atoms with Crippen LogP contribution in [0.15, 0.2) is 42.5 Å². The number of carbonyl (C=O) groups is 1. The van der Waals surface area contributed by atoms with Crippen LogP contribution in [0, 0.1) is 5.41 Å². The molecule has 3 N–H and O–H groups in total.